The molecule has 258 valence electrons. The number of carbonyl (C=O) groups excluding carboxylic acids is 1. The van der Waals surface area contributed by atoms with E-state index in [9.17, 15) is 4.79 Å². The molecule has 1 spiro atoms. The van der Waals surface area contributed by atoms with Gasteiger partial charge in [-0.15, -0.1) is 0 Å². The lowest BCUT2D eigenvalue weighted by molar-refractivity contribution is -0.119. The van der Waals surface area contributed by atoms with Crippen LogP contribution in [0, 0.1) is 25.1 Å². The van der Waals surface area contributed by atoms with Crippen molar-refractivity contribution in [3.8, 4) is 17.3 Å². The smallest absolute Gasteiger partial charge is 0.319 e. The number of fused-ring (bicyclic) bond motifs is 3. The van der Waals surface area contributed by atoms with Gasteiger partial charge in [-0.2, -0.15) is 15.1 Å². The number of piperidine rings is 1. The van der Waals surface area contributed by atoms with Gasteiger partial charge in [-0.3, -0.25) is 14.7 Å². The van der Waals surface area contributed by atoms with Gasteiger partial charge in [0.1, 0.15) is 23.6 Å². The first kappa shape index (κ1) is 31.1. The lowest BCUT2D eigenvalue weighted by atomic mass is 9.79. The second-order valence-electron chi connectivity index (χ2n) is 15.2. The predicted molar refractivity (Wildman–Crippen MR) is 184 cm³/mol. The zero-order valence-corrected chi connectivity index (χ0v) is 28.6. The van der Waals surface area contributed by atoms with E-state index in [1.54, 1.807) is 6.20 Å². The summed E-state index contributed by atoms with van der Waals surface area (Å²) >= 11 is 0. The number of anilines is 1. The van der Waals surface area contributed by atoms with Gasteiger partial charge >= 0.3 is 6.01 Å². The van der Waals surface area contributed by atoms with Crippen LogP contribution < -0.4 is 15.0 Å². The van der Waals surface area contributed by atoms with Gasteiger partial charge in [0.25, 0.3) is 0 Å². The molecule has 2 unspecified atom stereocenters. The highest BCUT2D eigenvalue weighted by molar-refractivity contribution is 5.99. The van der Waals surface area contributed by atoms with Crippen molar-refractivity contribution in [2.75, 3.05) is 50.8 Å². The normalized spacial score (nSPS) is 25.5. The Hall–Kier alpha value is -3.90. The van der Waals surface area contributed by atoms with Crippen molar-refractivity contribution in [3.63, 3.8) is 0 Å². The first-order chi connectivity index (χ1) is 23.8. The Labute approximate surface area is 285 Å². The number of hydrogen-bond acceptors (Lipinski definition) is 9. The van der Waals surface area contributed by atoms with E-state index in [1.165, 1.54) is 0 Å². The van der Waals surface area contributed by atoms with Gasteiger partial charge in [-0.25, -0.2) is 9.07 Å². The highest BCUT2D eigenvalue weighted by atomic mass is 19.1. The topological polar surface area (TPSA) is 111 Å². The van der Waals surface area contributed by atoms with Gasteiger partial charge in [0.2, 0.25) is 5.91 Å². The van der Waals surface area contributed by atoms with Crippen LogP contribution in [-0.4, -0.2) is 87.0 Å². The van der Waals surface area contributed by atoms with Gasteiger partial charge in [0.05, 0.1) is 22.6 Å². The zero-order valence-electron chi connectivity index (χ0n) is 28.6. The third kappa shape index (κ3) is 5.16. The molecule has 1 amide bonds. The summed E-state index contributed by atoms with van der Waals surface area (Å²) in [5, 5.41) is 9.19. The van der Waals surface area contributed by atoms with E-state index in [4.69, 9.17) is 29.5 Å². The lowest BCUT2D eigenvalue weighted by Gasteiger charge is -2.40. The van der Waals surface area contributed by atoms with E-state index in [0.717, 1.165) is 105 Å². The van der Waals surface area contributed by atoms with Gasteiger partial charge in [0, 0.05) is 55.2 Å². The maximum atomic E-state index is 17.2. The fraction of sp³-hybridized carbons (Fsp3) is 0.595. The first-order valence-electron chi connectivity index (χ1n) is 18.2. The average Bonchev–Trinajstić information content (AvgIpc) is 3.89. The van der Waals surface area contributed by atoms with E-state index in [2.05, 4.69) is 21.2 Å². The zero-order chi connectivity index (χ0) is 33.3. The Bertz CT molecular complexity index is 1950. The molecule has 0 aliphatic carbocycles. The van der Waals surface area contributed by atoms with Crippen LogP contribution in [0.4, 0.5) is 10.2 Å². The fourth-order valence-electron chi connectivity index (χ4n) is 9.46. The molecule has 0 bridgehead atoms. The van der Waals surface area contributed by atoms with Crippen molar-refractivity contribution >= 4 is 33.5 Å². The molecule has 9 rings (SSSR count). The number of pyridine rings is 1. The molecule has 4 aromatic rings. The summed E-state index contributed by atoms with van der Waals surface area (Å²) in [6.07, 6.45) is 13.3. The molecule has 49 heavy (non-hydrogen) atoms. The van der Waals surface area contributed by atoms with Crippen molar-refractivity contribution in [1.82, 2.24) is 34.9 Å². The van der Waals surface area contributed by atoms with Crippen molar-refractivity contribution in [2.24, 2.45) is 5.41 Å². The van der Waals surface area contributed by atoms with Crippen LogP contribution in [0.2, 0.25) is 0 Å². The molecule has 1 aromatic carbocycles. The number of amides is 1. The summed E-state index contributed by atoms with van der Waals surface area (Å²) in [6, 6.07) is 2.31. The fourth-order valence-corrected chi connectivity index (χ4v) is 9.46. The minimum atomic E-state index is -0.492. The number of benzene rings is 1. The molecule has 11 nitrogen and oxygen atoms in total. The second-order valence-corrected chi connectivity index (χ2v) is 15.2. The van der Waals surface area contributed by atoms with Crippen molar-refractivity contribution < 1.29 is 18.7 Å². The van der Waals surface area contributed by atoms with Gasteiger partial charge < -0.3 is 19.7 Å². The number of aromatic nitrogens is 5. The Morgan fingerprint density at radius 1 is 1.04 bits per heavy atom. The van der Waals surface area contributed by atoms with Gasteiger partial charge in [-0.1, -0.05) is 0 Å². The van der Waals surface area contributed by atoms with E-state index in [-0.39, 0.29) is 40.3 Å². The van der Waals surface area contributed by atoms with E-state index < -0.39 is 5.82 Å². The number of aryl methyl sites for hydroxylation is 1. The highest BCUT2D eigenvalue weighted by Crippen LogP contribution is 2.43. The summed E-state index contributed by atoms with van der Waals surface area (Å²) in [5.74, 6) is 0.219. The Morgan fingerprint density at radius 3 is 2.65 bits per heavy atom. The van der Waals surface area contributed by atoms with Crippen molar-refractivity contribution in [3.05, 3.63) is 35.4 Å². The summed E-state index contributed by atoms with van der Waals surface area (Å²) < 4.78 is 31.8. The number of nitrogens with one attached hydrogen (secondary N) is 1. The average molecular weight is 669 g/mol. The quantitative estimate of drug-likeness (QED) is 0.280. The predicted octanol–water partition coefficient (Wildman–Crippen LogP) is 5.61. The minimum Gasteiger partial charge on any atom is -0.461 e. The Kier molecular flexibility index (Phi) is 7.53. The van der Waals surface area contributed by atoms with Crippen molar-refractivity contribution in [2.45, 2.75) is 89.8 Å². The highest BCUT2D eigenvalue weighted by Gasteiger charge is 2.45. The third-order valence-corrected chi connectivity index (χ3v) is 12.2. The molecule has 5 fully saturated rings. The number of nitrogens with zero attached hydrogens (tertiary/aromatic N) is 7. The van der Waals surface area contributed by atoms with Crippen LogP contribution in [0.25, 0.3) is 33.1 Å². The summed E-state index contributed by atoms with van der Waals surface area (Å²) in [4.78, 5) is 31.7. The van der Waals surface area contributed by atoms with Gasteiger partial charge in [-0.05, 0) is 102 Å². The minimum absolute atomic E-state index is 0.00201. The molecule has 0 radical (unpaired) electrons. The molecule has 5 saturated heterocycles. The number of ether oxygens (including phenoxy) is 2. The monoisotopic (exact) mass is 668 g/mol. The van der Waals surface area contributed by atoms with E-state index in [0.29, 0.717) is 43.9 Å². The van der Waals surface area contributed by atoms with Crippen LogP contribution in [0.5, 0.6) is 6.01 Å². The molecule has 0 saturated carbocycles. The molecular formula is C37H45FN8O3. The number of hydrogen-bond donors (Lipinski definition) is 1. The number of halogens is 1. The Morgan fingerprint density at radius 2 is 1.88 bits per heavy atom. The maximum absolute atomic E-state index is 17.2. The number of rotatable bonds is 6. The SMILES string of the molecule is Cc1cc2c(cnn2C2CCCCO2)c(-c2ncc3c(N4CCCC5(CNC(=O)C5)C4)nc(OCC45CCCN4CCC5)nc3c2F)c1C. The second kappa shape index (κ2) is 11.9. The first-order valence-corrected chi connectivity index (χ1v) is 18.2. The summed E-state index contributed by atoms with van der Waals surface area (Å²) in [6.45, 7) is 9.49. The molecule has 3 aromatic heterocycles. The molecule has 12 heteroatoms. The molecule has 8 heterocycles. The van der Waals surface area contributed by atoms with Crippen molar-refractivity contribution in [1.29, 1.82) is 0 Å². The molecule has 5 aliphatic heterocycles. The standard InChI is InChI=1S/C37H45FN8O3/c1-23-16-27-25(19-41-46(27)29-8-3-4-15-48-29)30(24(23)2)33-31(38)32-26(18-39-33)34(44-12-5-9-36(21-44)17-28(47)40-20-36)43-35(42-32)49-22-37-10-6-13-45(37)14-7-11-37/h16,18-19,29H,3-15,17,20-22H2,1-2H3,(H,40,47). The summed E-state index contributed by atoms with van der Waals surface area (Å²) in [7, 11) is 0. The van der Waals surface area contributed by atoms with Crippen LogP contribution >= 0.6 is 0 Å². The molecule has 5 aliphatic rings. The van der Waals surface area contributed by atoms with E-state index in [1.807, 2.05) is 24.7 Å². The van der Waals surface area contributed by atoms with Gasteiger partial charge in [0.15, 0.2) is 12.0 Å². The molecular weight excluding hydrogens is 623 g/mol. The maximum Gasteiger partial charge on any atom is 0.319 e. The third-order valence-electron chi connectivity index (χ3n) is 12.2. The Balaban J connectivity index is 1.16. The van der Waals surface area contributed by atoms with Crippen LogP contribution in [0.15, 0.2) is 18.5 Å². The van der Waals surface area contributed by atoms with Crippen LogP contribution in [0.1, 0.15) is 81.6 Å². The largest absolute Gasteiger partial charge is 0.461 e. The number of carbonyl (C=O) groups is 1. The van der Waals surface area contributed by atoms with Crippen LogP contribution in [0.3, 0.4) is 0 Å². The lowest BCUT2D eigenvalue weighted by Crippen LogP contribution is -2.45. The molecule has 1 N–H and O–H groups in total. The van der Waals surface area contributed by atoms with Crippen LogP contribution in [-0.2, 0) is 9.53 Å². The van der Waals surface area contributed by atoms with E-state index >= 15 is 4.39 Å². The summed E-state index contributed by atoms with van der Waals surface area (Å²) in [5.41, 5.74) is 3.89. The molecule has 2 atom stereocenters.